The van der Waals surface area contributed by atoms with Crippen molar-refractivity contribution in [3.05, 3.63) is 50.7 Å². The van der Waals surface area contributed by atoms with Crippen molar-refractivity contribution in [3.8, 4) is 0 Å². The molecule has 2 aromatic rings. The van der Waals surface area contributed by atoms with Crippen LogP contribution in [-0.4, -0.2) is 29.1 Å². The number of H-pyrrole nitrogens is 1. The number of rotatable bonds is 7. The van der Waals surface area contributed by atoms with Crippen molar-refractivity contribution in [2.75, 3.05) is 29.5 Å². The first-order valence-corrected chi connectivity index (χ1v) is 8.53. The number of amides is 1. The van der Waals surface area contributed by atoms with Gasteiger partial charge in [0.05, 0.1) is 6.54 Å². The van der Waals surface area contributed by atoms with Gasteiger partial charge in [0.2, 0.25) is 5.91 Å². The molecular formula is C18H25N5O3. The van der Waals surface area contributed by atoms with Gasteiger partial charge < -0.3 is 16.0 Å². The molecule has 0 radical (unpaired) electrons. The number of nitrogens with two attached hydrogens (primary N) is 1. The van der Waals surface area contributed by atoms with E-state index in [9.17, 15) is 14.4 Å². The molecule has 4 N–H and O–H groups in total. The SMILES string of the molecule is CCCCn1c(N)c(N(C)CC(=O)Nc2cccc(C)c2)c(=O)[nH]c1=O. The Morgan fingerprint density at radius 3 is 2.73 bits per heavy atom. The van der Waals surface area contributed by atoms with E-state index in [4.69, 9.17) is 5.73 Å². The smallest absolute Gasteiger partial charge is 0.330 e. The third-order valence-corrected chi connectivity index (χ3v) is 4.01. The first kappa shape index (κ1) is 19.3. The maximum absolute atomic E-state index is 12.3. The van der Waals surface area contributed by atoms with E-state index in [-0.39, 0.29) is 24.0 Å². The average molecular weight is 359 g/mol. The first-order valence-electron chi connectivity index (χ1n) is 8.53. The molecule has 0 aliphatic rings. The lowest BCUT2D eigenvalue weighted by Crippen LogP contribution is -2.39. The van der Waals surface area contributed by atoms with Crippen LogP contribution in [0.4, 0.5) is 17.2 Å². The molecule has 8 nitrogen and oxygen atoms in total. The molecule has 2 rings (SSSR count). The topological polar surface area (TPSA) is 113 Å². The van der Waals surface area contributed by atoms with Gasteiger partial charge in [0, 0.05) is 19.3 Å². The Morgan fingerprint density at radius 1 is 1.35 bits per heavy atom. The number of nitrogens with one attached hydrogen (secondary N) is 2. The van der Waals surface area contributed by atoms with E-state index in [1.54, 1.807) is 13.1 Å². The summed E-state index contributed by atoms with van der Waals surface area (Å²) in [4.78, 5) is 40.1. The van der Waals surface area contributed by atoms with Crippen LogP contribution < -0.4 is 27.2 Å². The predicted octanol–water partition coefficient (Wildman–Crippen LogP) is 1.30. The van der Waals surface area contributed by atoms with Gasteiger partial charge in [-0.3, -0.25) is 19.1 Å². The van der Waals surface area contributed by atoms with Crippen molar-refractivity contribution in [3.63, 3.8) is 0 Å². The van der Waals surface area contributed by atoms with Crippen LogP contribution in [0.25, 0.3) is 0 Å². The summed E-state index contributed by atoms with van der Waals surface area (Å²) in [5.74, 6) is -0.221. The molecule has 0 spiro atoms. The third-order valence-electron chi connectivity index (χ3n) is 4.01. The Bertz CT molecular complexity index is 900. The zero-order valence-electron chi connectivity index (χ0n) is 15.3. The van der Waals surface area contributed by atoms with E-state index in [1.165, 1.54) is 9.47 Å². The fourth-order valence-electron chi connectivity index (χ4n) is 2.70. The van der Waals surface area contributed by atoms with Crippen LogP contribution >= 0.6 is 0 Å². The van der Waals surface area contributed by atoms with Crippen LogP contribution in [0.5, 0.6) is 0 Å². The molecule has 0 aliphatic carbocycles. The average Bonchev–Trinajstić information content (AvgIpc) is 2.54. The minimum Gasteiger partial charge on any atom is -0.383 e. The van der Waals surface area contributed by atoms with Gasteiger partial charge in [-0.05, 0) is 31.0 Å². The zero-order chi connectivity index (χ0) is 19.3. The number of unbranched alkanes of at least 4 members (excludes halogenated alkanes) is 1. The lowest BCUT2D eigenvalue weighted by atomic mass is 10.2. The van der Waals surface area contributed by atoms with Crippen molar-refractivity contribution in [2.45, 2.75) is 33.2 Å². The minimum atomic E-state index is -0.605. The molecule has 26 heavy (non-hydrogen) atoms. The van der Waals surface area contributed by atoms with Crippen LogP contribution in [-0.2, 0) is 11.3 Å². The van der Waals surface area contributed by atoms with Crippen LogP contribution in [0.2, 0.25) is 0 Å². The number of aromatic amines is 1. The largest absolute Gasteiger partial charge is 0.383 e. The molecule has 1 heterocycles. The van der Waals surface area contributed by atoms with Gasteiger partial charge in [0.15, 0.2) is 0 Å². The fraction of sp³-hybridized carbons (Fsp3) is 0.389. The molecule has 0 saturated heterocycles. The number of carbonyl (C=O) groups is 1. The van der Waals surface area contributed by atoms with Gasteiger partial charge in [-0.25, -0.2) is 4.79 Å². The van der Waals surface area contributed by atoms with Gasteiger partial charge in [-0.1, -0.05) is 25.5 Å². The minimum absolute atomic E-state index is 0.0676. The molecule has 0 unspecified atom stereocenters. The molecule has 0 aliphatic heterocycles. The number of aryl methyl sites for hydroxylation is 1. The van der Waals surface area contributed by atoms with Crippen molar-refractivity contribution in [1.82, 2.24) is 9.55 Å². The number of anilines is 3. The Hall–Kier alpha value is -3.03. The van der Waals surface area contributed by atoms with E-state index < -0.39 is 11.2 Å². The van der Waals surface area contributed by atoms with E-state index in [0.29, 0.717) is 12.2 Å². The predicted molar refractivity (Wildman–Crippen MR) is 104 cm³/mol. The molecule has 0 atom stereocenters. The van der Waals surface area contributed by atoms with Gasteiger partial charge in [0.25, 0.3) is 5.56 Å². The summed E-state index contributed by atoms with van der Waals surface area (Å²) in [6.45, 7) is 4.26. The second kappa shape index (κ2) is 8.37. The lowest BCUT2D eigenvalue weighted by molar-refractivity contribution is -0.114. The van der Waals surface area contributed by atoms with Crippen molar-refractivity contribution < 1.29 is 4.79 Å². The number of nitrogen functional groups attached to an aromatic ring is 1. The lowest BCUT2D eigenvalue weighted by Gasteiger charge is -2.21. The Labute approximate surface area is 151 Å². The summed E-state index contributed by atoms with van der Waals surface area (Å²) < 4.78 is 1.33. The van der Waals surface area contributed by atoms with E-state index >= 15 is 0 Å². The van der Waals surface area contributed by atoms with Crippen molar-refractivity contribution >= 4 is 23.1 Å². The van der Waals surface area contributed by atoms with Gasteiger partial charge in [-0.15, -0.1) is 0 Å². The van der Waals surface area contributed by atoms with Crippen molar-refractivity contribution in [2.24, 2.45) is 0 Å². The standard InChI is InChI=1S/C18H25N5O3/c1-4-5-9-23-16(19)15(17(25)21-18(23)26)22(3)11-14(24)20-13-8-6-7-12(2)10-13/h6-8,10H,4-5,9,11,19H2,1-3H3,(H,20,24)(H,21,25,26). The number of aromatic nitrogens is 2. The number of carbonyl (C=O) groups excluding carboxylic acids is 1. The molecule has 140 valence electrons. The Kier molecular flexibility index (Phi) is 6.21. The Balaban J connectivity index is 2.20. The molecule has 1 aromatic carbocycles. The summed E-state index contributed by atoms with van der Waals surface area (Å²) in [6.07, 6.45) is 1.64. The fourth-order valence-corrected chi connectivity index (χ4v) is 2.70. The Morgan fingerprint density at radius 2 is 2.08 bits per heavy atom. The van der Waals surface area contributed by atoms with Gasteiger partial charge >= 0.3 is 5.69 Å². The molecule has 0 bridgehead atoms. The molecular weight excluding hydrogens is 334 g/mol. The molecule has 1 amide bonds. The van der Waals surface area contributed by atoms with Crippen LogP contribution in [0.1, 0.15) is 25.3 Å². The highest BCUT2D eigenvalue weighted by atomic mass is 16.2. The number of likely N-dealkylation sites (N-methyl/N-ethyl adjacent to an activating group) is 1. The molecule has 0 fully saturated rings. The summed E-state index contributed by atoms with van der Waals surface area (Å²) in [5, 5.41) is 2.78. The summed E-state index contributed by atoms with van der Waals surface area (Å²) in [5.41, 5.74) is 6.72. The van der Waals surface area contributed by atoms with E-state index in [0.717, 1.165) is 18.4 Å². The summed E-state index contributed by atoms with van der Waals surface area (Å²) in [6, 6.07) is 7.42. The van der Waals surface area contributed by atoms with Crippen molar-refractivity contribution in [1.29, 1.82) is 0 Å². The highest BCUT2D eigenvalue weighted by Gasteiger charge is 2.18. The molecule has 0 saturated carbocycles. The monoisotopic (exact) mass is 359 g/mol. The first-order chi connectivity index (χ1) is 12.3. The second-order valence-electron chi connectivity index (χ2n) is 6.27. The second-order valence-corrected chi connectivity index (χ2v) is 6.27. The quantitative estimate of drug-likeness (QED) is 0.690. The number of hydrogen-bond donors (Lipinski definition) is 3. The van der Waals surface area contributed by atoms with E-state index in [1.807, 2.05) is 32.0 Å². The van der Waals surface area contributed by atoms with Crippen LogP contribution in [0, 0.1) is 6.92 Å². The van der Waals surface area contributed by atoms with Crippen LogP contribution in [0.15, 0.2) is 33.9 Å². The third kappa shape index (κ3) is 4.53. The normalized spacial score (nSPS) is 10.6. The maximum atomic E-state index is 12.3. The highest BCUT2D eigenvalue weighted by molar-refractivity contribution is 5.94. The number of nitrogens with zero attached hydrogens (tertiary/aromatic N) is 2. The molecule has 1 aromatic heterocycles. The number of benzene rings is 1. The highest BCUT2D eigenvalue weighted by Crippen LogP contribution is 2.16. The number of hydrogen-bond acceptors (Lipinski definition) is 5. The van der Waals surface area contributed by atoms with Crippen LogP contribution in [0.3, 0.4) is 0 Å². The zero-order valence-corrected chi connectivity index (χ0v) is 15.3. The van der Waals surface area contributed by atoms with E-state index in [2.05, 4.69) is 10.3 Å². The summed E-state index contributed by atoms with van der Waals surface area (Å²) >= 11 is 0. The maximum Gasteiger partial charge on any atom is 0.330 e. The van der Waals surface area contributed by atoms with Gasteiger partial charge in [-0.2, -0.15) is 0 Å². The summed E-state index contributed by atoms with van der Waals surface area (Å²) in [7, 11) is 1.59. The van der Waals surface area contributed by atoms with Gasteiger partial charge in [0.1, 0.15) is 11.5 Å². The molecule has 8 heteroatoms.